The Balaban J connectivity index is 2.04. The van der Waals surface area contributed by atoms with Crippen molar-refractivity contribution in [3.63, 3.8) is 0 Å². The van der Waals surface area contributed by atoms with Crippen molar-refractivity contribution in [2.75, 3.05) is 23.9 Å². The lowest BCUT2D eigenvalue weighted by Gasteiger charge is -1.99. The Morgan fingerprint density at radius 2 is 2.32 bits per heavy atom. The lowest BCUT2D eigenvalue weighted by Crippen LogP contribution is -2.06. The van der Waals surface area contributed by atoms with E-state index in [9.17, 15) is 9.00 Å². The van der Waals surface area contributed by atoms with Crippen molar-refractivity contribution in [3.8, 4) is 0 Å². The fourth-order valence-corrected chi connectivity index (χ4v) is 2.15. The third kappa shape index (κ3) is 3.54. The second-order valence-electron chi connectivity index (χ2n) is 4.06. The summed E-state index contributed by atoms with van der Waals surface area (Å²) in [4.78, 5) is 15.0. The predicted molar refractivity (Wildman–Crippen MR) is 73.0 cm³/mol. The average molecular weight is 282 g/mol. The van der Waals surface area contributed by atoms with Gasteiger partial charge >= 0.3 is 5.97 Å². The summed E-state index contributed by atoms with van der Waals surface area (Å²) in [6.45, 7) is 0.609. The third-order valence-corrected chi connectivity index (χ3v) is 3.38. The van der Waals surface area contributed by atoms with Crippen LogP contribution in [0.25, 0.3) is 11.1 Å². The summed E-state index contributed by atoms with van der Waals surface area (Å²) in [5, 5.41) is 11.8. The van der Waals surface area contributed by atoms with Gasteiger partial charge in [0.15, 0.2) is 5.58 Å². The Morgan fingerprint density at radius 3 is 3.00 bits per heavy atom. The second-order valence-corrected chi connectivity index (χ2v) is 5.62. The van der Waals surface area contributed by atoms with Gasteiger partial charge < -0.3 is 14.8 Å². The van der Waals surface area contributed by atoms with Crippen LogP contribution in [0, 0.1) is 0 Å². The molecule has 6 nitrogen and oxygen atoms in total. The molecule has 1 atom stereocenters. The molecule has 0 aliphatic rings. The van der Waals surface area contributed by atoms with Crippen LogP contribution in [-0.4, -0.2) is 38.8 Å². The minimum atomic E-state index is -1.00. The number of rotatable bonds is 6. The summed E-state index contributed by atoms with van der Waals surface area (Å²) in [6, 6.07) is 4.88. The van der Waals surface area contributed by atoms with Gasteiger partial charge in [0.25, 0.3) is 6.01 Å². The van der Waals surface area contributed by atoms with Crippen LogP contribution in [0.2, 0.25) is 0 Å². The molecule has 0 fully saturated rings. The molecule has 0 saturated carbocycles. The largest absolute Gasteiger partial charge is 0.478 e. The van der Waals surface area contributed by atoms with Gasteiger partial charge in [0, 0.05) is 29.4 Å². The quantitative estimate of drug-likeness (QED) is 0.783. The zero-order valence-corrected chi connectivity index (χ0v) is 11.2. The maximum absolute atomic E-state index is 10.9. The summed E-state index contributed by atoms with van der Waals surface area (Å²) >= 11 is 0. The molecule has 19 heavy (non-hydrogen) atoms. The summed E-state index contributed by atoms with van der Waals surface area (Å²) in [6.07, 6.45) is 2.41. The van der Waals surface area contributed by atoms with Crippen LogP contribution >= 0.6 is 0 Å². The number of hydrogen-bond acceptors (Lipinski definition) is 5. The molecule has 1 heterocycles. The van der Waals surface area contributed by atoms with E-state index in [-0.39, 0.29) is 5.56 Å². The molecular formula is C12H14N2O4S. The molecular weight excluding hydrogens is 268 g/mol. The summed E-state index contributed by atoms with van der Waals surface area (Å²) < 4.78 is 16.3. The van der Waals surface area contributed by atoms with E-state index >= 15 is 0 Å². The van der Waals surface area contributed by atoms with E-state index in [2.05, 4.69) is 10.3 Å². The highest BCUT2D eigenvalue weighted by atomic mass is 32.2. The maximum atomic E-state index is 10.9. The number of benzene rings is 1. The molecule has 102 valence electrons. The summed E-state index contributed by atoms with van der Waals surface area (Å²) in [5.74, 6) is -0.380. The topological polar surface area (TPSA) is 92.4 Å². The molecule has 1 unspecified atom stereocenters. The zero-order valence-electron chi connectivity index (χ0n) is 10.4. The van der Waals surface area contributed by atoms with Gasteiger partial charge in [-0.1, -0.05) is 0 Å². The first-order valence-corrected chi connectivity index (χ1v) is 7.47. The fraction of sp³-hybridized carbons (Fsp3) is 0.333. The normalized spacial score (nSPS) is 12.5. The number of anilines is 1. The maximum Gasteiger partial charge on any atom is 0.335 e. The molecule has 0 aliphatic carbocycles. The van der Waals surface area contributed by atoms with Crippen LogP contribution in [0.15, 0.2) is 22.6 Å². The van der Waals surface area contributed by atoms with Gasteiger partial charge in [-0.3, -0.25) is 4.21 Å². The first kappa shape index (κ1) is 13.5. The highest BCUT2D eigenvalue weighted by molar-refractivity contribution is 7.84. The molecule has 0 saturated heterocycles. The lowest BCUT2D eigenvalue weighted by atomic mass is 10.2. The van der Waals surface area contributed by atoms with E-state index in [4.69, 9.17) is 9.52 Å². The van der Waals surface area contributed by atoms with Gasteiger partial charge in [-0.15, -0.1) is 0 Å². The van der Waals surface area contributed by atoms with Gasteiger partial charge in [-0.05, 0) is 24.6 Å². The van der Waals surface area contributed by atoms with Crippen LogP contribution in [0.5, 0.6) is 0 Å². The molecule has 2 N–H and O–H groups in total. The average Bonchev–Trinajstić information content (AvgIpc) is 2.75. The number of carbonyl (C=O) groups is 1. The number of carboxylic acids is 1. The summed E-state index contributed by atoms with van der Waals surface area (Å²) in [7, 11) is -0.803. The van der Waals surface area contributed by atoms with Gasteiger partial charge in [-0.2, -0.15) is 4.98 Å². The van der Waals surface area contributed by atoms with E-state index in [0.29, 0.717) is 29.4 Å². The monoisotopic (exact) mass is 282 g/mol. The molecule has 0 aliphatic heterocycles. The van der Waals surface area contributed by atoms with Crippen LogP contribution < -0.4 is 5.32 Å². The number of carboxylic acid groups (broad SMARTS) is 1. The van der Waals surface area contributed by atoms with Crippen molar-refractivity contribution in [2.24, 2.45) is 0 Å². The van der Waals surface area contributed by atoms with E-state index in [1.807, 2.05) is 0 Å². The Morgan fingerprint density at radius 1 is 1.53 bits per heavy atom. The molecule has 1 aromatic heterocycles. The Kier molecular flexibility index (Phi) is 4.16. The first-order valence-electron chi connectivity index (χ1n) is 5.74. The van der Waals surface area contributed by atoms with Crippen LogP contribution in [0.1, 0.15) is 16.8 Å². The number of oxazole rings is 1. The highest BCUT2D eigenvalue weighted by Gasteiger charge is 2.09. The molecule has 7 heteroatoms. The van der Waals surface area contributed by atoms with Crippen LogP contribution in [0.3, 0.4) is 0 Å². The number of fused-ring (bicyclic) bond motifs is 1. The molecule has 2 rings (SSSR count). The number of aromatic nitrogens is 1. The minimum Gasteiger partial charge on any atom is -0.478 e. The molecule has 0 bridgehead atoms. The fourth-order valence-electron chi connectivity index (χ4n) is 1.60. The Labute approximate surface area is 112 Å². The smallest absolute Gasteiger partial charge is 0.335 e. The Bertz CT molecular complexity index is 623. The van der Waals surface area contributed by atoms with E-state index in [0.717, 1.165) is 6.42 Å². The van der Waals surface area contributed by atoms with Crippen molar-refractivity contribution in [1.29, 1.82) is 0 Å². The summed E-state index contributed by atoms with van der Waals surface area (Å²) in [5.41, 5.74) is 1.20. The molecule has 0 spiro atoms. The molecule has 2 aromatic rings. The highest BCUT2D eigenvalue weighted by Crippen LogP contribution is 2.20. The second kappa shape index (κ2) is 5.83. The predicted octanol–water partition coefficient (Wildman–Crippen LogP) is 1.71. The van der Waals surface area contributed by atoms with E-state index in [1.165, 1.54) is 12.1 Å². The SMILES string of the molecule is CS(=O)CCCNc1nc2ccc(C(=O)O)cc2o1. The zero-order chi connectivity index (χ0) is 13.8. The number of nitrogens with one attached hydrogen (secondary N) is 1. The van der Waals surface area contributed by atoms with Gasteiger partial charge in [0.05, 0.1) is 5.56 Å². The van der Waals surface area contributed by atoms with Crippen molar-refractivity contribution >= 4 is 33.9 Å². The molecule has 0 radical (unpaired) electrons. The van der Waals surface area contributed by atoms with E-state index in [1.54, 1.807) is 12.3 Å². The Hall–Kier alpha value is -1.89. The van der Waals surface area contributed by atoms with Crippen molar-refractivity contribution in [2.45, 2.75) is 6.42 Å². The minimum absolute atomic E-state index is 0.163. The lowest BCUT2D eigenvalue weighted by molar-refractivity contribution is 0.0697. The van der Waals surface area contributed by atoms with Gasteiger partial charge in [0.2, 0.25) is 0 Å². The van der Waals surface area contributed by atoms with Crippen molar-refractivity contribution in [1.82, 2.24) is 4.98 Å². The number of aromatic carboxylic acids is 1. The van der Waals surface area contributed by atoms with Crippen molar-refractivity contribution in [3.05, 3.63) is 23.8 Å². The molecule has 1 aromatic carbocycles. The third-order valence-electron chi connectivity index (χ3n) is 2.52. The number of hydrogen-bond donors (Lipinski definition) is 2. The first-order chi connectivity index (χ1) is 9.06. The van der Waals surface area contributed by atoms with Gasteiger partial charge in [-0.25, -0.2) is 4.79 Å². The number of nitrogens with zero attached hydrogens (tertiary/aromatic N) is 1. The van der Waals surface area contributed by atoms with Crippen LogP contribution in [-0.2, 0) is 10.8 Å². The van der Waals surface area contributed by atoms with Gasteiger partial charge in [0.1, 0.15) is 5.52 Å². The molecule has 0 amide bonds. The van der Waals surface area contributed by atoms with Crippen molar-refractivity contribution < 1.29 is 18.5 Å². The standard InChI is InChI=1S/C12H14N2O4S/c1-19(17)6-2-5-13-12-14-9-4-3-8(11(15)16)7-10(9)18-12/h3-4,7H,2,5-6H2,1H3,(H,13,14)(H,15,16). The van der Waals surface area contributed by atoms with Crippen LogP contribution in [0.4, 0.5) is 6.01 Å². The van der Waals surface area contributed by atoms with E-state index < -0.39 is 16.8 Å².